The highest BCUT2D eigenvalue weighted by atomic mass is 32.1. The normalized spacial score (nSPS) is 16.6. The zero-order valence-electron chi connectivity index (χ0n) is 17.1. The van der Waals surface area contributed by atoms with Crippen LogP contribution in [-0.4, -0.2) is 5.91 Å². The highest BCUT2D eigenvalue weighted by molar-refractivity contribution is 7.16. The van der Waals surface area contributed by atoms with Crippen molar-refractivity contribution in [3.63, 3.8) is 0 Å². The van der Waals surface area contributed by atoms with E-state index >= 15 is 0 Å². The van der Waals surface area contributed by atoms with Crippen molar-refractivity contribution < 1.29 is 4.79 Å². The Kier molecular flexibility index (Phi) is 6.05. The van der Waals surface area contributed by atoms with Gasteiger partial charge in [-0.25, -0.2) is 0 Å². The summed E-state index contributed by atoms with van der Waals surface area (Å²) >= 11 is 1.57. The molecule has 3 nitrogen and oxygen atoms in total. The van der Waals surface area contributed by atoms with Crippen LogP contribution < -0.4 is 5.32 Å². The number of fused-ring (bicyclic) bond motifs is 1. The first kappa shape index (κ1) is 20.4. The van der Waals surface area contributed by atoms with E-state index in [-0.39, 0.29) is 11.3 Å². The number of hydrogen-bond donors (Lipinski definition) is 1. The second-order valence-corrected chi connectivity index (χ2v) is 9.64. The first-order valence-electron chi connectivity index (χ1n) is 9.96. The lowest BCUT2D eigenvalue weighted by atomic mass is 9.86. The second kappa shape index (κ2) is 8.32. The molecular weight excluding hydrogens is 364 g/mol. The van der Waals surface area contributed by atoms with E-state index in [9.17, 15) is 10.1 Å². The Morgan fingerprint density at radius 1 is 1.32 bits per heavy atom. The zero-order chi connectivity index (χ0) is 20.3. The molecule has 1 atom stereocenters. The van der Waals surface area contributed by atoms with Gasteiger partial charge in [-0.1, -0.05) is 58.4 Å². The maximum Gasteiger partial charge on any atom is 0.249 e. The number of thiophene rings is 1. The fourth-order valence-corrected chi connectivity index (χ4v) is 4.94. The summed E-state index contributed by atoms with van der Waals surface area (Å²) in [5.74, 6) is 0.499. The summed E-state index contributed by atoms with van der Waals surface area (Å²) in [6, 6.07) is 10.6. The Bertz CT molecular complexity index is 923. The fraction of sp³-hybridized carbons (Fsp3) is 0.417. The molecule has 0 fully saturated rings. The topological polar surface area (TPSA) is 52.9 Å². The number of anilines is 1. The summed E-state index contributed by atoms with van der Waals surface area (Å²) < 4.78 is 0. The van der Waals surface area contributed by atoms with Crippen molar-refractivity contribution >= 4 is 28.3 Å². The van der Waals surface area contributed by atoms with Crippen LogP contribution in [0.2, 0.25) is 0 Å². The molecule has 1 aliphatic rings. The molecule has 1 aliphatic carbocycles. The molecule has 2 aromatic rings. The Morgan fingerprint density at radius 2 is 2.04 bits per heavy atom. The Morgan fingerprint density at radius 3 is 2.64 bits per heavy atom. The number of nitrogens with zero attached hydrogens (tertiary/aromatic N) is 1. The molecule has 3 rings (SSSR count). The largest absolute Gasteiger partial charge is 0.313 e. The highest BCUT2D eigenvalue weighted by Crippen LogP contribution is 2.40. The van der Waals surface area contributed by atoms with Crippen LogP contribution in [0, 0.1) is 17.2 Å². The summed E-state index contributed by atoms with van der Waals surface area (Å²) in [5.41, 5.74) is 4.17. The van der Waals surface area contributed by atoms with E-state index in [0.29, 0.717) is 16.5 Å². The molecular formula is C24H28N2OS. The van der Waals surface area contributed by atoms with E-state index < -0.39 is 0 Å². The van der Waals surface area contributed by atoms with Gasteiger partial charge in [-0.05, 0) is 53.4 Å². The van der Waals surface area contributed by atoms with Crippen LogP contribution in [0.4, 0.5) is 5.00 Å². The minimum Gasteiger partial charge on any atom is -0.313 e. The van der Waals surface area contributed by atoms with Crippen LogP contribution >= 0.6 is 11.3 Å². The summed E-state index contributed by atoms with van der Waals surface area (Å²) in [5, 5.41) is 13.2. The molecule has 1 aromatic heterocycles. The number of carbonyl (C=O) groups excluding carboxylic acids is 1. The average Bonchev–Trinajstić information content (AvgIpc) is 3.01. The van der Waals surface area contributed by atoms with E-state index in [1.54, 1.807) is 17.4 Å². The first-order valence-corrected chi connectivity index (χ1v) is 10.8. The van der Waals surface area contributed by atoms with Crippen molar-refractivity contribution in [2.24, 2.45) is 5.92 Å². The molecule has 1 heterocycles. The maximum atomic E-state index is 12.4. The van der Waals surface area contributed by atoms with Crippen molar-refractivity contribution in [1.82, 2.24) is 0 Å². The monoisotopic (exact) mass is 392 g/mol. The number of nitrogens with one attached hydrogen (secondary N) is 1. The number of carbonyl (C=O) groups is 1. The molecule has 0 unspecified atom stereocenters. The van der Waals surface area contributed by atoms with E-state index in [1.165, 1.54) is 10.4 Å². The minimum absolute atomic E-state index is 0.113. The molecule has 0 radical (unpaired) electrons. The minimum atomic E-state index is -0.193. The van der Waals surface area contributed by atoms with Gasteiger partial charge in [0.1, 0.15) is 11.1 Å². The van der Waals surface area contributed by atoms with Crippen molar-refractivity contribution in [3.8, 4) is 6.07 Å². The van der Waals surface area contributed by atoms with E-state index in [2.05, 4.69) is 51.2 Å². The molecule has 0 aliphatic heterocycles. The Labute approximate surface area is 172 Å². The van der Waals surface area contributed by atoms with Gasteiger partial charge < -0.3 is 5.32 Å². The van der Waals surface area contributed by atoms with Gasteiger partial charge in [0.2, 0.25) is 5.91 Å². The average molecular weight is 393 g/mol. The van der Waals surface area contributed by atoms with Crippen LogP contribution in [0.1, 0.15) is 67.7 Å². The van der Waals surface area contributed by atoms with Gasteiger partial charge in [-0.15, -0.1) is 11.3 Å². The first-order chi connectivity index (χ1) is 13.3. The van der Waals surface area contributed by atoms with Crippen molar-refractivity contribution in [2.45, 2.75) is 58.8 Å². The molecule has 0 saturated heterocycles. The standard InChI is InChI=1S/C24H28N2OS/c1-5-16-8-12-19-20(15-25)23(28-21(19)14-16)26-22(27)13-9-17-6-10-18(11-7-17)24(2,3)4/h6-7,9-11,13,16H,5,8,12,14H2,1-4H3,(H,26,27)/b13-9-/t16-/m1/s1. The summed E-state index contributed by atoms with van der Waals surface area (Å²) in [4.78, 5) is 13.7. The Hall–Kier alpha value is -2.38. The third kappa shape index (κ3) is 4.54. The lowest BCUT2D eigenvalue weighted by molar-refractivity contribution is -0.111. The fourth-order valence-electron chi connectivity index (χ4n) is 3.63. The predicted octanol–water partition coefficient (Wildman–Crippen LogP) is 6.08. The number of rotatable bonds is 4. The molecule has 0 saturated carbocycles. The molecule has 0 bridgehead atoms. The van der Waals surface area contributed by atoms with Gasteiger partial charge in [0.05, 0.1) is 5.56 Å². The summed E-state index contributed by atoms with van der Waals surface area (Å²) in [6.07, 6.45) is 7.62. The second-order valence-electron chi connectivity index (χ2n) is 8.53. The van der Waals surface area contributed by atoms with Gasteiger partial charge in [0, 0.05) is 11.0 Å². The van der Waals surface area contributed by atoms with Gasteiger partial charge >= 0.3 is 0 Å². The van der Waals surface area contributed by atoms with Gasteiger partial charge in [-0.2, -0.15) is 5.26 Å². The molecule has 1 aromatic carbocycles. The number of hydrogen-bond acceptors (Lipinski definition) is 3. The number of amides is 1. The lowest BCUT2D eigenvalue weighted by Crippen LogP contribution is -2.12. The molecule has 1 amide bonds. The molecule has 28 heavy (non-hydrogen) atoms. The SMILES string of the molecule is CC[C@@H]1CCc2c(sc(NC(=O)/C=C\c3ccc(C(C)(C)C)cc3)c2C#N)C1. The summed E-state index contributed by atoms with van der Waals surface area (Å²) in [6.45, 7) is 8.76. The van der Waals surface area contributed by atoms with E-state index in [1.807, 2.05) is 18.2 Å². The quantitative estimate of drug-likeness (QED) is 0.641. The predicted molar refractivity (Wildman–Crippen MR) is 118 cm³/mol. The van der Waals surface area contributed by atoms with Gasteiger partial charge in [-0.3, -0.25) is 4.79 Å². The number of nitriles is 1. The van der Waals surface area contributed by atoms with Crippen LogP contribution in [0.15, 0.2) is 30.3 Å². The Balaban J connectivity index is 1.71. The van der Waals surface area contributed by atoms with Gasteiger partial charge in [0.15, 0.2) is 0 Å². The van der Waals surface area contributed by atoms with Crippen LogP contribution in [0.5, 0.6) is 0 Å². The highest BCUT2D eigenvalue weighted by Gasteiger charge is 2.25. The molecule has 1 N–H and O–H groups in total. The van der Waals surface area contributed by atoms with Gasteiger partial charge in [0.25, 0.3) is 0 Å². The van der Waals surface area contributed by atoms with Crippen molar-refractivity contribution in [2.75, 3.05) is 5.32 Å². The molecule has 4 heteroatoms. The molecule has 0 spiro atoms. The number of benzene rings is 1. The van der Waals surface area contributed by atoms with Crippen LogP contribution in [0.25, 0.3) is 6.08 Å². The smallest absolute Gasteiger partial charge is 0.249 e. The third-order valence-electron chi connectivity index (χ3n) is 5.50. The third-order valence-corrected chi connectivity index (χ3v) is 6.67. The molecule has 146 valence electrons. The summed E-state index contributed by atoms with van der Waals surface area (Å²) in [7, 11) is 0. The maximum absolute atomic E-state index is 12.4. The van der Waals surface area contributed by atoms with E-state index in [4.69, 9.17) is 0 Å². The van der Waals surface area contributed by atoms with E-state index in [0.717, 1.165) is 36.8 Å². The lowest BCUT2D eigenvalue weighted by Gasteiger charge is -2.20. The van der Waals surface area contributed by atoms with Crippen molar-refractivity contribution in [1.29, 1.82) is 5.26 Å². The zero-order valence-corrected chi connectivity index (χ0v) is 18.0. The van der Waals surface area contributed by atoms with Crippen LogP contribution in [0.3, 0.4) is 0 Å². The van der Waals surface area contributed by atoms with Crippen LogP contribution in [-0.2, 0) is 23.1 Å². The van der Waals surface area contributed by atoms with Crippen molar-refractivity contribution in [3.05, 3.63) is 57.5 Å².